The highest BCUT2D eigenvalue weighted by Crippen LogP contribution is 2.29. The van der Waals surface area contributed by atoms with Crippen molar-refractivity contribution in [3.63, 3.8) is 0 Å². The molecular weight excluding hydrogens is 358 g/mol. The number of hydrogen-bond donors (Lipinski definition) is 2. The standard InChI is InChI=1S/C21H29N3O4/c1-4-23(13-19(25)26)16-9-11-24(12-10-16)21(27)22-15(3)20-14(2)17-7-5-6-8-18(17)28-20/h5-8,15-16H,4,9-13H2,1-3H3,(H,22,27)(H,25,26)/t15-/m0/s1. The summed E-state index contributed by atoms with van der Waals surface area (Å²) in [6, 6.07) is 7.75. The number of hydrogen-bond acceptors (Lipinski definition) is 4. The minimum Gasteiger partial charge on any atom is -0.480 e. The van der Waals surface area contributed by atoms with E-state index < -0.39 is 5.97 Å². The highest BCUT2D eigenvalue weighted by molar-refractivity contribution is 5.82. The molecule has 0 radical (unpaired) electrons. The zero-order valence-electron chi connectivity index (χ0n) is 16.8. The molecule has 1 atom stereocenters. The van der Waals surface area contributed by atoms with Crippen LogP contribution in [-0.4, -0.2) is 59.1 Å². The van der Waals surface area contributed by atoms with Crippen LogP contribution in [0.25, 0.3) is 11.0 Å². The average Bonchev–Trinajstić information content (AvgIpc) is 3.03. The van der Waals surface area contributed by atoms with Gasteiger partial charge in [0.1, 0.15) is 11.3 Å². The zero-order chi connectivity index (χ0) is 20.3. The molecule has 28 heavy (non-hydrogen) atoms. The van der Waals surface area contributed by atoms with Crippen LogP contribution in [0.3, 0.4) is 0 Å². The lowest BCUT2D eigenvalue weighted by Gasteiger charge is -2.37. The Kier molecular flexibility index (Phi) is 6.24. The van der Waals surface area contributed by atoms with Gasteiger partial charge in [0.2, 0.25) is 0 Å². The third kappa shape index (κ3) is 4.30. The van der Waals surface area contributed by atoms with Gasteiger partial charge in [0.15, 0.2) is 0 Å². The van der Waals surface area contributed by atoms with E-state index in [-0.39, 0.29) is 24.7 Å². The number of carboxylic acids is 1. The summed E-state index contributed by atoms with van der Waals surface area (Å²) in [6.45, 7) is 7.91. The molecule has 2 N–H and O–H groups in total. The lowest BCUT2D eigenvalue weighted by Crippen LogP contribution is -2.50. The Bertz CT molecular complexity index is 839. The third-order valence-electron chi connectivity index (χ3n) is 5.63. The number of fused-ring (bicyclic) bond motifs is 1. The largest absolute Gasteiger partial charge is 0.480 e. The SMILES string of the molecule is CCN(CC(=O)O)C1CCN(C(=O)N[C@@H](C)c2oc3ccccc3c2C)CC1. The molecule has 0 spiro atoms. The number of likely N-dealkylation sites (N-methyl/N-ethyl adjacent to an activating group) is 1. The van der Waals surface area contributed by atoms with Gasteiger partial charge in [0.05, 0.1) is 12.6 Å². The van der Waals surface area contributed by atoms with Gasteiger partial charge in [-0.05, 0) is 39.3 Å². The topological polar surface area (TPSA) is 86.0 Å². The number of para-hydroxylation sites is 1. The summed E-state index contributed by atoms with van der Waals surface area (Å²) in [6.07, 6.45) is 1.57. The summed E-state index contributed by atoms with van der Waals surface area (Å²) in [5.74, 6) is -0.0277. The van der Waals surface area contributed by atoms with Gasteiger partial charge in [0, 0.05) is 30.1 Å². The fourth-order valence-electron chi connectivity index (χ4n) is 4.06. The maximum Gasteiger partial charge on any atom is 0.317 e. The molecule has 7 nitrogen and oxygen atoms in total. The van der Waals surface area contributed by atoms with E-state index >= 15 is 0 Å². The molecule has 2 heterocycles. The number of urea groups is 1. The van der Waals surface area contributed by atoms with Crippen molar-refractivity contribution in [3.8, 4) is 0 Å². The number of rotatable bonds is 6. The highest BCUT2D eigenvalue weighted by atomic mass is 16.4. The van der Waals surface area contributed by atoms with Gasteiger partial charge in [0.25, 0.3) is 0 Å². The van der Waals surface area contributed by atoms with Gasteiger partial charge in [-0.2, -0.15) is 0 Å². The van der Waals surface area contributed by atoms with Gasteiger partial charge >= 0.3 is 12.0 Å². The monoisotopic (exact) mass is 387 g/mol. The van der Waals surface area contributed by atoms with Gasteiger partial charge < -0.3 is 19.7 Å². The van der Waals surface area contributed by atoms with Crippen LogP contribution in [0.5, 0.6) is 0 Å². The minimum atomic E-state index is -0.808. The average molecular weight is 387 g/mol. The van der Waals surface area contributed by atoms with Gasteiger partial charge in [-0.3, -0.25) is 9.69 Å². The molecule has 3 rings (SSSR count). The quantitative estimate of drug-likeness (QED) is 0.794. The van der Waals surface area contributed by atoms with Crippen LogP contribution >= 0.6 is 0 Å². The molecule has 1 saturated heterocycles. The first-order chi connectivity index (χ1) is 13.4. The van der Waals surface area contributed by atoms with E-state index in [9.17, 15) is 9.59 Å². The lowest BCUT2D eigenvalue weighted by atomic mass is 10.0. The molecular formula is C21H29N3O4. The number of amides is 2. The van der Waals surface area contributed by atoms with Crippen LogP contribution in [0.15, 0.2) is 28.7 Å². The highest BCUT2D eigenvalue weighted by Gasteiger charge is 2.28. The smallest absolute Gasteiger partial charge is 0.317 e. The molecule has 2 amide bonds. The normalized spacial score (nSPS) is 16.5. The molecule has 1 aromatic carbocycles. The number of benzene rings is 1. The Morgan fingerprint density at radius 3 is 2.61 bits per heavy atom. The van der Waals surface area contributed by atoms with Crippen LogP contribution < -0.4 is 5.32 Å². The van der Waals surface area contributed by atoms with E-state index in [0.717, 1.165) is 35.1 Å². The van der Waals surface area contributed by atoms with Crippen LogP contribution in [0.1, 0.15) is 44.1 Å². The first kappa shape index (κ1) is 20.2. The second-order valence-electron chi connectivity index (χ2n) is 7.43. The number of likely N-dealkylation sites (tertiary alicyclic amines) is 1. The number of furan rings is 1. The molecule has 7 heteroatoms. The molecule has 1 fully saturated rings. The van der Waals surface area contributed by atoms with Crippen molar-refractivity contribution >= 4 is 23.0 Å². The summed E-state index contributed by atoms with van der Waals surface area (Å²) < 4.78 is 5.95. The van der Waals surface area contributed by atoms with Crippen molar-refractivity contribution in [2.24, 2.45) is 0 Å². The van der Waals surface area contributed by atoms with Crippen LogP contribution in [0.2, 0.25) is 0 Å². The van der Waals surface area contributed by atoms with E-state index in [1.165, 1.54) is 0 Å². The Morgan fingerprint density at radius 2 is 2.00 bits per heavy atom. The van der Waals surface area contributed by atoms with E-state index in [4.69, 9.17) is 9.52 Å². The molecule has 1 aliphatic heterocycles. The summed E-state index contributed by atoms with van der Waals surface area (Å²) in [5.41, 5.74) is 1.88. The Hall–Kier alpha value is -2.54. The number of carbonyl (C=O) groups is 2. The Balaban J connectivity index is 1.58. The molecule has 0 unspecified atom stereocenters. The second-order valence-corrected chi connectivity index (χ2v) is 7.43. The number of nitrogens with one attached hydrogen (secondary N) is 1. The number of carbonyl (C=O) groups excluding carboxylic acids is 1. The molecule has 152 valence electrons. The van der Waals surface area contributed by atoms with Gasteiger partial charge in [-0.1, -0.05) is 25.1 Å². The van der Waals surface area contributed by atoms with Crippen molar-refractivity contribution in [2.75, 3.05) is 26.2 Å². The van der Waals surface area contributed by atoms with Crippen LogP contribution in [0.4, 0.5) is 4.79 Å². The number of aryl methyl sites for hydroxylation is 1. The molecule has 2 aromatic rings. The summed E-state index contributed by atoms with van der Waals surface area (Å²) in [7, 11) is 0. The van der Waals surface area contributed by atoms with Crippen molar-refractivity contribution in [1.82, 2.24) is 15.1 Å². The van der Waals surface area contributed by atoms with Crippen LogP contribution in [-0.2, 0) is 4.79 Å². The van der Waals surface area contributed by atoms with E-state index in [1.54, 1.807) is 4.90 Å². The Morgan fingerprint density at radius 1 is 1.32 bits per heavy atom. The van der Waals surface area contributed by atoms with E-state index in [0.29, 0.717) is 19.6 Å². The molecule has 1 aromatic heterocycles. The predicted molar refractivity (Wildman–Crippen MR) is 107 cm³/mol. The molecule has 1 aliphatic rings. The second kappa shape index (κ2) is 8.65. The molecule has 0 saturated carbocycles. The number of aliphatic carboxylic acids is 1. The van der Waals surface area contributed by atoms with E-state index in [1.807, 2.05) is 49.9 Å². The first-order valence-electron chi connectivity index (χ1n) is 9.90. The summed E-state index contributed by atoms with van der Waals surface area (Å²) in [5, 5.41) is 13.2. The fraction of sp³-hybridized carbons (Fsp3) is 0.524. The predicted octanol–water partition coefficient (Wildman–Crippen LogP) is 3.38. The van der Waals surface area contributed by atoms with Gasteiger partial charge in [-0.15, -0.1) is 0 Å². The van der Waals surface area contributed by atoms with Crippen molar-refractivity contribution in [2.45, 2.75) is 45.7 Å². The van der Waals surface area contributed by atoms with Crippen molar-refractivity contribution in [1.29, 1.82) is 0 Å². The maximum absolute atomic E-state index is 12.7. The number of carboxylic acid groups (broad SMARTS) is 1. The first-order valence-corrected chi connectivity index (χ1v) is 9.90. The number of piperidine rings is 1. The van der Waals surface area contributed by atoms with Crippen molar-refractivity contribution in [3.05, 3.63) is 35.6 Å². The van der Waals surface area contributed by atoms with E-state index in [2.05, 4.69) is 5.32 Å². The maximum atomic E-state index is 12.7. The fourth-order valence-corrected chi connectivity index (χ4v) is 4.06. The third-order valence-corrected chi connectivity index (χ3v) is 5.63. The zero-order valence-corrected chi connectivity index (χ0v) is 16.8. The van der Waals surface area contributed by atoms with Crippen molar-refractivity contribution < 1.29 is 19.1 Å². The minimum absolute atomic E-state index is 0.0513. The van der Waals surface area contributed by atoms with Crippen LogP contribution in [0, 0.1) is 6.92 Å². The number of nitrogens with zero attached hydrogens (tertiary/aromatic N) is 2. The molecule has 0 bridgehead atoms. The molecule has 0 aliphatic carbocycles. The van der Waals surface area contributed by atoms with Gasteiger partial charge in [-0.25, -0.2) is 4.79 Å². The lowest BCUT2D eigenvalue weighted by molar-refractivity contribution is -0.139. The summed E-state index contributed by atoms with van der Waals surface area (Å²) >= 11 is 0. The Labute approximate surface area is 165 Å². The summed E-state index contributed by atoms with van der Waals surface area (Å²) in [4.78, 5) is 27.5.